The average molecular weight is 312 g/mol. The number of likely N-dealkylation sites (tertiary alicyclic amines) is 2. The van der Waals surface area contributed by atoms with Crippen LogP contribution in [0.25, 0.3) is 0 Å². The molecule has 0 unspecified atom stereocenters. The number of nitriles is 1. The molecule has 2 saturated heterocycles. The first-order valence-corrected chi connectivity index (χ1v) is 7.78. The van der Waals surface area contributed by atoms with Crippen LogP contribution in [0.4, 0.5) is 0 Å². The summed E-state index contributed by atoms with van der Waals surface area (Å²) in [5, 5.41) is 11.5. The van der Waals surface area contributed by atoms with Gasteiger partial charge in [-0.2, -0.15) is 5.26 Å². The van der Waals surface area contributed by atoms with Crippen molar-refractivity contribution in [2.75, 3.05) is 27.2 Å². The molecule has 2 aliphatic heterocycles. The predicted molar refractivity (Wildman–Crippen MR) is 84.6 cm³/mol. The van der Waals surface area contributed by atoms with E-state index in [-0.39, 0.29) is 23.9 Å². The number of likely N-dealkylation sites (N-methyl/N-ethyl adjacent to an activating group) is 2. The van der Waals surface area contributed by atoms with Crippen LogP contribution in [-0.2, 0) is 4.79 Å². The van der Waals surface area contributed by atoms with E-state index in [1.807, 2.05) is 11.9 Å². The Morgan fingerprint density at radius 1 is 1.26 bits per heavy atom. The van der Waals surface area contributed by atoms with E-state index in [1.165, 1.54) is 0 Å². The van der Waals surface area contributed by atoms with Crippen LogP contribution in [0.5, 0.6) is 0 Å². The molecule has 120 valence electrons. The maximum atomic E-state index is 12.6. The fourth-order valence-electron chi connectivity index (χ4n) is 3.73. The summed E-state index contributed by atoms with van der Waals surface area (Å²) >= 11 is 0. The molecule has 1 aromatic carbocycles. The molecule has 6 nitrogen and oxygen atoms in total. The van der Waals surface area contributed by atoms with Crippen molar-refractivity contribution in [3.8, 4) is 6.07 Å². The van der Waals surface area contributed by atoms with Crippen LogP contribution < -0.4 is 5.32 Å². The van der Waals surface area contributed by atoms with E-state index < -0.39 is 0 Å². The van der Waals surface area contributed by atoms with E-state index in [4.69, 9.17) is 5.26 Å². The van der Waals surface area contributed by atoms with Crippen molar-refractivity contribution >= 4 is 11.8 Å². The van der Waals surface area contributed by atoms with Gasteiger partial charge in [-0.15, -0.1) is 0 Å². The molecule has 3 atom stereocenters. The lowest BCUT2D eigenvalue weighted by atomic mass is 10.0. The van der Waals surface area contributed by atoms with Gasteiger partial charge >= 0.3 is 0 Å². The lowest BCUT2D eigenvalue weighted by Crippen LogP contribution is -2.45. The van der Waals surface area contributed by atoms with Crippen molar-refractivity contribution in [1.82, 2.24) is 15.1 Å². The molecule has 0 spiro atoms. The first-order chi connectivity index (χ1) is 11.0. The molecule has 0 radical (unpaired) electrons. The Morgan fingerprint density at radius 3 is 2.52 bits per heavy atom. The van der Waals surface area contributed by atoms with Gasteiger partial charge in [0.15, 0.2) is 0 Å². The highest BCUT2D eigenvalue weighted by atomic mass is 16.2. The molecule has 1 N–H and O–H groups in total. The number of hydrogen-bond acceptors (Lipinski definition) is 4. The largest absolute Gasteiger partial charge is 0.358 e. The number of rotatable bonds is 2. The molecular weight excluding hydrogens is 292 g/mol. The number of amides is 2. The SMILES string of the molecule is CNC(=O)[C@H]1C[C@@H]2CN(C(=O)c3ccc(C#N)cc3)C[C@@H]2N1C. The second kappa shape index (κ2) is 6.01. The smallest absolute Gasteiger partial charge is 0.253 e. The lowest BCUT2D eigenvalue weighted by molar-refractivity contribution is -0.125. The van der Waals surface area contributed by atoms with Gasteiger partial charge < -0.3 is 10.2 Å². The zero-order valence-corrected chi connectivity index (χ0v) is 13.3. The highest BCUT2D eigenvalue weighted by molar-refractivity contribution is 5.94. The molecular formula is C17H20N4O2. The van der Waals surface area contributed by atoms with Crippen molar-refractivity contribution in [2.45, 2.75) is 18.5 Å². The van der Waals surface area contributed by atoms with Gasteiger partial charge in [0.25, 0.3) is 5.91 Å². The Morgan fingerprint density at radius 2 is 1.96 bits per heavy atom. The third kappa shape index (κ3) is 2.68. The van der Waals surface area contributed by atoms with E-state index in [0.29, 0.717) is 30.1 Å². The number of benzene rings is 1. The standard InChI is InChI=1S/C17H20N4O2/c1-19-16(22)14-7-13-9-21(10-15(13)20(14)2)17(23)12-5-3-11(8-18)4-6-12/h3-6,13-15H,7,9-10H2,1-2H3,(H,19,22)/t13-,14-,15+/m1/s1. The van der Waals surface area contributed by atoms with Crippen LogP contribution in [0.2, 0.25) is 0 Å². The number of carbonyl (C=O) groups is 2. The highest BCUT2D eigenvalue weighted by Gasteiger charge is 2.47. The van der Waals surface area contributed by atoms with Crippen molar-refractivity contribution in [2.24, 2.45) is 5.92 Å². The summed E-state index contributed by atoms with van der Waals surface area (Å²) in [7, 11) is 3.62. The van der Waals surface area contributed by atoms with Gasteiger partial charge in [-0.1, -0.05) is 0 Å². The number of nitrogens with zero attached hydrogens (tertiary/aromatic N) is 3. The zero-order chi connectivity index (χ0) is 16.6. The minimum absolute atomic E-state index is 0.00576. The van der Waals surface area contributed by atoms with Gasteiger partial charge in [0.1, 0.15) is 0 Å². The summed E-state index contributed by atoms with van der Waals surface area (Å²) in [6, 6.07) is 8.92. The quantitative estimate of drug-likeness (QED) is 0.860. The number of hydrogen-bond donors (Lipinski definition) is 1. The van der Waals surface area contributed by atoms with Crippen molar-refractivity contribution in [1.29, 1.82) is 5.26 Å². The topological polar surface area (TPSA) is 76.4 Å². The average Bonchev–Trinajstić information content (AvgIpc) is 3.13. The molecule has 0 aliphatic carbocycles. The normalized spacial score (nSPS) is 26.7. The molecule has 3 rings (SSSR count). The van der Waals surface area contributed by atoms with Gasteiger partial charge in [-0.3, -0.25) is 14.5 Å². The Bertz CT molecular complexity index is 664. The molecule has 2 fully saturated rings. The van der Waals surface area contributed by atoms with E-state index in [9.17, 15) is 9.59 Å². The number of fused-ring (bicyclic) bond motifs is 1. The summed E-state index contributed by atoms with van der Waals surface area (Å²) in [5.41, 5.74) is 1.16. The highest BCUT2D eigenvalue weighted by Crippen LogP contribution is 2.35. The van der Waals surface area contributed by atoms with E-state index in [2.05, 4.69) is 16.3 Å². The lowest BCUT2D eigenvalue weighted by Gasteiger charge is -2.25. The molecule has 2 heterocycles. The Balaban J connectivity index is 1.68. The fourth-order valence-corrected chi connectivity index (χ4v) is 3.73. The summed E-state index contributed by atoms with van der Waals surface area (Å²) in [6.07, 6.45) is 0.790. The van der Waals surface area contributed by atoms with Gasteiger partial charge in [0.2, 0.25) is 5.91 Å². The Hall–Kier alpha value is -2.39. The first-order valence-electron chi connectivity index (χ1n) is 7.78. The van der Waals surface area contributed by atoms with Crippen molar-refractivity contribution in [3.63, 3.8) is 0 Å². The molecule has 2 aliphatic rings. The van der Waals surface area contributed by atoms with Crippen LogP contribution >= 0.6 is 0 Å². The number of nitrogens with one attached hydrogen (secondary N) is 1. The van der Waals surface area contributed by atoms with E-state index >= 15 is 0 Å². The molecule has 0 saturated carbocycles. The summed E-state index contributed by atoms with van der Waals surface area (Å²) < 4.78 is 0. The molecule has 0 bridgehead atoms. The zero-order valence-electron chi connectivity index (χ0n) is 13.3. The van der Waals surface area contributed by atoms with E-state index in [0.717, 1.165) is 6.42 Å². The second-order valence-corrected chi connectivity index (χ2v) is 6.26. The summed E-state index contributed by atoms with van der Waals surface area (Å²) in [4.78, 5) is 28.4. The third-order valence-corrected chi connectivity index (χ3v) is 5.04. The van der Waals surface area contributed by atoms with Gasteiger partial charge in [0.05, 0.1) is 17.7 Å². The summed E-state index contributed by atoms with van der Waals surface area (Å²) in [6.45, 7) is 1.33. The molecule has 1 aromatic rings. The van der Waals surface area contributed by atoms with E-state index in [1.54, 1.807) is 31.3 Å². The number of carbonyl (C=O) groups excluding carboxylic acids is 2. The van der Waals surface area contributed by atoms with Crippen LogP contribution in [0.1, 0.15) is 22.3 Å². The predicted octanol–water partition coefficient (Wildman–Crippen LogP) is 0.449. The van der Waals surface area contributed by atoms with Gasteiger partial charge in [-0.25, -0.2) is 0 Å². The molecule has 2 amide bonds. The minimum atomic E-state index is -0.0952. The molecule has 6 heteroatoms. The van der Waals surface area contributed by atoms with Gasteiger partial charge in [-0.05, 0) is 43.7 Å². The third-order valence-electron chi connectivity index (χ3n) is 5.04. The first kappa shape index (κ1) is 15.5. The van der Waals surface area contributed by atoms with Crippen LogP contribution in [0, 0.1) is 17.2 Å². The van der Waals surface area contributed by atoms with Crippen LogP contribution in [0.3, 0.4) is 0 Å². The maximum Gasteiger partial charge on any atom is 0.253 e. The maximum absolute atomic E-state index is 12.6. The van der Waals surface area contributed by atoms with Crippen molar-refractivity contribution in [3.05, 3.63) is 35.4 Å². The van der Waals surface area contributed by atoms with Crippen LogP contribution in [0.15, 0.2) is 24.3 Å². The Kier molecular flexibility index (Phi) is 4.05. The van der Waals surface area contributed by atoms with Crippen LogP contribution in [-0.4, -0.2) is 60.9 Å². The fraction of sp³-hybridized carbons (Fsp3) is 0.471. The van der Waals surface area contributed by atoms with Crippen molar-refractivity contribution < 1.29 is 9.59 Å². The second-order valence-electron chi connectivity index (χ2n) is 6.26. The minimum Gasteiger partial charge on any atom is -0.358 e. The Labute approximate surface area is 135 Å². The monoisotopic (exact) mass is 312 g/mol. The summed E-state index contributed by atoms with van der Waals surface area (Å²) in [5.74, 6) is 0.380. The molecule has 23 heavy (non-hydrogen) atoms. The molecule has 0 aromatic heterocycles. The van der Waals surface area contributed by atoms with Gasteiger partial charge in [0, 0.05) is 31.7 Å².